The SMILES string of the molecule is CN(C(=O)Cc1cccc(CNC(=O)C(C)(C)C)c1)C(C)(C)C. The summed E-state index contributed by atoms with van der Waals surface area (Å²) in [6.07, 6.45) is 0.370. The molecule has 0 unspecified atom stereocenters. The number of nitrogens with one attached hydrogen (secondary N) is 1. The summed E-state index contributed by atoms with van der Waals surface area (Å²) in [4.78, 5) is 26.0. The Morgan fingerprint density at radius 3 is 2.13 bits per heavy atom. The monoisotopic (exact) mass is 318 g/mol. The highest BCUT2D eigenvalue weighted by molar-refractivity contribution is 5.81. The molecule has 23 heavy (non-hydrogen) atoms. The van der Waals surface area contributed by atoms with Gasteiger partial charge in [-0.25, -0.2) is 0 Å². The van der Waals surface area contributed by atoms with Gasteiger partial charge in [-0.1, -0.05) is 45.0 Å². The predicted molar refractivity (Wildman–Crippen MR) is 94.0 cm³/mol. The van der Waals surface area contributed by atoms with E-state index in [1.54, 1.807) is 4.90 Å². The van der Waals surface area contributed by atoms with Crippen molar-refractivity contribution in [2.45, 2.75) is 60.0 Å². The lowest BCUT2D eigenvalue weighted by molar-refractivity contribution is -0.133. The zero-order valence-corrected chi connectivity index (χ0v) is 15.5. The Kier molecular flexibility index (Phi) is 5.98. The second-order valence-electron chi connectivity index (χ2n) is 8.05. The molecule has 1 aromatic rings. The van der Waals surface area contributed by atoms with Gasteiger partial charge in [-0.15, -0.1) is 0 Å². The maximum atomic E-state index is 12.3. The topological polar surface area (TPSA) is 49.4 Å². The molecule has 4 nitrogen and oxygen atoms in total. The minimum atomic E-state index is -0.400. The molecule has 0 atom stereocenters. The summed E-state index contributed by atoms with van der Waals surface area (Å²) in [6.45, 7) is 12.2. The van der Waals surface area contributed by atoms with Crippen molar-refractivity contribution < 1.29 is 9.59 Å². The fraction of sp³-hybridized carbons (Fsp3) is 0.579. The summed E-state index contributed by atoms with van der Waals surface area (Å²) in [6, 6.07) is 7.82. The van der Waals surface area contributed by atoms with E-state index in [0.717, 1.165) is 11.1 Å². The van der Waals surface area contributed by atoms with Crippen LogP contribution < -0.4 is 5.32 Å². The van der Waals surface area contributed by atoms with Crippen LogP contribution in [0.15, 0.2) is 24.3 Å². The number of likely N-dealkylation sites (N-methyl/N-ethyl adjacent to an activating group) is 1. The van der Waals surface area contributed by atoms with Crippen molar-refractivity contribution in [2.75, 3.05) is 7.05 Å². The lowest BCUT2D eigenvalue weighted by atomic mass is 9.95. The number of hydrogen-bond donors (Lipinski definition) is 1. The molecule has 0 bridgehead atoms. The summed E-state index contributed by atoms with van der Waals surface area (Å²) in [5.41, 5.74) is 1.39. The van der Waals surface area contributed by atoms with Crippen LogP contribution in [-0.2, 0) is 22.6 Å². The number of benzene rings is 1. The Hall–Kier alpha value is -1.84. The molecule has 2 amide bonds. The molecule has 0 aliphatic heterocycles. The molecule has 0 aliphatic rings. The Bertz CT molecular complexity index is 565. The van der Waals surface area contributed by atoms with E-state index in [-0.39, 0.29) is 17.4 Å². The normalized spacial score (nSPS) is 12.0. The Balaban J connectivity index is 2.71. The Morgan fingerprint density at radius 1 is 1.04 bits per heavy atom. The van der Waals surface area contributed by atoms with Gasteiger partial charge in [0.2, 0.25) is 11.8 Å². The second kappa shape index (κ2) is 7.16. The predicted octanol–water partition coefficient (Wildman–Crippen LogP) is 3.15. The molecule has 1 rings (SSSR count). The lowest BCUT2D eigenvalue weighted by Crippen LogP contribution is -2.43. The van der Waals surface area contributed by atoms with Gasteiger partial charge in [0.15, 0.2) is 0 Å². The molecular formula is C19H30N2O2. The van der Waals surface area contributed by atoms with Gasteiger partial charge in [-0.3, -0.25) is 9.59 Å². The highest BCUT2D eigenvalue weighted by atomic mass is 16.2. The highest BCUT2D eigenvalue weighted by Crippen LogP contribution is 2.15. The van der Waals surface area contributed by atoms with Crippen molar-refractivity contribution in [3.8, 4) is 0 Å². The fourth-order valence-corrected chi connectivity index (χ4v) is 1.96. The number of carbonyl (C=O) groups is 2. The van der Waals surface area contributed by atoms with Crippen molar-refractivity contribution in [1.82, 2.24) is 10.2 Å². The van der Waals surface area contributed by atoms with Crippen LogP contribution >= 0.6 is 0 Å². The zero-order valence-electron chi connectivity index (χ0n) is 15.5. The van der Waals surface area contributed by atoms with Crippen LogP contribution in [0.2, 0.25) is 0 Å². The highest BCUT2D eigenvalue weighted by Gasteiger charge is 2.22. The average molecular weight is 318 g/mol. The summed E-state index contributed by atoms with van der Waals surface area (Å²) in [7, 11) is 1.83. The number of amides is 2. The number of nitrogens with zero attached hydrogens (tertiary/aromatic N) is 1. The van der Waals surface area contributed by atoms with Crippen molar-refractivity contribution in [3.05, 3.63) is 35.4 Å². The number of hydrogen-bond acceptors (Lipinski definition) is 2. The molecule has 0 heterocycles. The van der Waals surface area contributed by atoms with E-state index in [0.29, 0.717) is 13.0 Å². The van der Waals surface area contributed by atoms with Crippen molar-refractivity contribution >= 4 is 11.8 Å². The molecule has 0 radical (unpaired) electrons. The van der Waals surface area contributed by atoms with Crippen molar-refractivity contribution in [2.24, 2.45) is 5.41 Å². The van der Waals surface area contributed by atoms with E-state index >= 15 is 0 Å². The Labute approximate surface area is 140 Å². The van der Waals surface area contributed by atoms with Gasteiger partial charge >= 0.3 is 0 Å². The average Bonchev–Trinajstić information content (AvgIpc) is 2.42. The van der Waals surface area contributed by atoms with Crippen LogP contribution in [0.25, 0.3) is 0 Å². The first kappa shape index (κ1) is 19.2. The van der Waals surface area contributed by atoms with Crippen molar-refractivity contribution in [1.29, 1.82) is 0 Å². The van der Waals surface area contributed by atoms with Crippen LogP contribution in [0.1, 0.15) is 52.7 Å². The second-order valence-corrected chi connectivity index (χ2v) is 8.05. The molecule has 128 valence electrons. The van der Waals surface area contributed by atoms with Crippen molar-refractivity contribution in [3.63, 3.8) is 0 Å². The zero-order chi connectivity index (χ0) is 17.8. The molecule has 0 aliphatic carbocycles. The summed E-state index contributed by atoms with van der Waals surface area (Å²) in [5, 5.41) is 2.93. The van der Waals surface area contributed by atoms with Gasteiger partial charge in [-0.05, 0) is 31.9 Å². The molecule has 4 heteroatoms. The summed E-state index contributed by atoms with van der Waals surface area (Å²) in [5.74, 6) is 0.111. The first-order valence-corrected chi connectivity index (χ1v) is 8.04. The molecule has 0 aromatic heterocycles. The molecule has 0 saturated heterocycles. The van der Waals surface area contributed by atoms with Gasteiger partial charge < -0.3 is 10.2 Å². The first-order valence-electron chi connectivity index (χ1n) is 8.04. The third kappa shape index (κ3) is 6.05. The van der Waals surface area contributed by atoms with Gasteiger partial charge in [0.1, 0.15) is 0 Å². The van der Waals surface area contributed by atoms with E-state index in [1.165, 1.54) is 0 Å². The summed E-state index contributed by atoms with van der Waals surface area (Å²) < 4.78 is 0. The lowest BCUT2D eigenvalue weighted by Gasteiger charge is -2.32. The van der Waals surface area contributed by atoms with Crippen LogP contribution in [0.3, 0.4) is 0 Å². The van der Waals surface area contributed by atoms with E-state index in [4.69, 9.17) is 0 Å². The van der Waals surface area contributed by atoms with Gasteiger partial charge in [0.05, 0.1) is 6.42 Å². The fourth-order valence-electron chi connectivity index (χ4n) is 1.96. The minimum absolute atomic E-state index is 0.0199. The molecule has 1 aromatic carbocycles. The molecule has 0 fully saturated rings. The molecule has 0 spiro atoms. The van der Waals surface area contributed by atoms with Crippen LogP contribution in [0, 0.1) is 5.41 Å². The van der Waals surface area contributed by atoms with Crippen LogP contribution in [0.5, 0.6) is 0 Å². The maximum absolute atomic E-state index is 12.3. The van der Waals surface area contributed by atoms with E-state index in [1.807, 2.05) is 72.9 Å². The van der Waals surface area contributed by atoms with Gasteiger partial charge in [0.25, 0.3) is 0 Å². The smallest absolute Gasteiger partial charge is 0.227 e. The largest absolute Gasteiger partial charge is 0.352 e. The van der Waals surface area contributed by atoms with Crippen LogP contribution in [-0.4, -0.2) is 29.3 Å². The standard InChI is InChI=1S/C19H30N2O2/c1-18(2,3)17(23)20-13-15-10-8-9-14(11-15)12-16(22)21(7)19(4,5)6/h8-11H,12-13H2,1-7H3,(H,20,23). The van der Waals surface area contributed by atoms with Gasteiger partial charge in [0, 0.05) is 24.5 Å². The van der Waals surface area contributed by atoms with Crippen LogP contribution in [0.4, 0.5) is 0 Å². The Morgan fingerprint density at radius 2 is 1.61 bits per heavy atom. The van der Waals surface area contributed by atoms with E-state index < -0.39 is 5.41 Å². The third-order valence-corrected chi connectivity index (χ3v) is 3.86. The summed E-state index contributed by atoms with van der Waals surface area (Å²) >= 11 is 0. The molecule has 1 N–H and O–H groups in total. The van der Waals surface area contributed by atoms with Gasteiger partial charge in [-0.2, -0.15) is 0 Å². The minimum Gasteiger partial charge on any atom is -0.352 e. The quantitative estimate of drug-likeness (QED) is 0.927. The maximum Gasteiger partial charge on any atom is 0.227 e. The van der Waals surface area contributed by atoms with E-state index in [2.05, 4.69) is 5.32 Å². The first-order chi connectivity index (χ1) is 10.4. The number of carbonyl (C=O) groups excluding carboxylic acids is 2. The van der Waals surface area contributed by atoms with E-state index in [9.17, 15) is 9.59 Å². The molecular weight excluding hydrogens is 288 g/mol. The number of rotatable bonds is 4. The third-order valence-electron chi connectivity index (χ3n) is 3.86. The molecule has 0 saturated carbocycles.